The highest BCUT2D eigenvalue weighted by Gasteiger charge is 2.29. The summed E-state index contributed by atoms with van der Waals surface area (Å²) in [6.07, 6.45) is 0.310. The quantitative estimate of drug-likeness (QED) is 0.598. The molecule has 1 amide bonds. The third-order valence-electron chi connectivity index (χ3n) is 3.66. The minimum atomic E-state index is -3.87. The second kappa shape index (κ2) is 7.91. The van der Waals surface area contributed by atoms with Gasteiger partial charge in [0.05, 0.1) is 22.1 Å². The van der Waals surface area contributed by atoms with E-state index in [2.05, 4.69) is 10.0 Å². The molecule has 1 aliphatic heterocycles. The first-order chi connectivity index (χ1) is 12.0. The third kappa shape index (κ3) is 5.16. The molecule has 9 nitrogen and oxygen atoms in total. The molecule has 1 fully saturated rings. The second-order valence-corrected chi connectivity index (χ2v) is 10.1. The van der Waals surface area contributed by atoms with E-state index in [1.165, 1.54) is 19.2 Å². The van der Waals surface area contributed by atoms with Crippen LogP contribution in [0.3, 0.4) is 0 Å². The standard InChI is InChI=1S/C14H17ClN2O7S2/c1-16-26(22,23)12-6-9(2-3-11(12)15)14(19)24-7-13(18)17-10-4-5-25(20,21)8-10/h2-3,6,10,16H,4-5,7-8H2,1H3,(H,17,18). The molecule has 144 valence electrons. The molecular weight excluding hydrogens is 408 g/mol. The normalized spacial score (nSPS) is 19.1. The predicted octanol–water partition coefficient (Wildman–Crippen LogP) is -0.292. The zero-order chi connectivity index (χ0) is 19.5. The molecule has 1 heterocycles. The number of sulfonamides is 1. The van der Waals surface area contributed by atoms with Crippen LogP contribution in [0, 0.1) is 0 Å². The summed E-state index contributed by atoms with van der Waals surface area (Å²) in [6, 6.07) is 3.03. The molecule has 0 bridgehead atoms. The number of carbonyl (C=O) groups is 2. The van der Waals surface area contributed by atoms with E-state index in [1.54, 1.807) is 0 Å². The molecule has 1 atom stereocenters. The highest BCUT2D eigenvalue weighted by molar-refractivity contribution is 7.91. The number of halogens is 1. The van der Waals surface area contributed by atoms with Gasteiger partial charge in [-0.1, -0.05) is 11.6 Å². The van der Waals surface area contributed by atoms with Gasteiger partial charge in [-0.3, -0.25) is 4.79 Å². The van der Waals surface area contributed by atoms with Crippen molar-refractivity contribution in [3.8, 4) is 0 Å². The molecule has 1 unspecified atom stereocenters. The molecule has 1 aliphatic rings. The Morgan fingerprint density at radius 3 is 2.62 bits per heavy atom. The average Bonchev–Trinajstić information content (AvgIpc) is 2.91. The summed E-state index contributed by atoms with van der Waals surface area (Å²) in [4.78, 5) is 23.5. The molecule has 0 spiro atoms. The van der Waals surface area contributed by atoms with Crippen molar-refractivity contribution in [1.29, 1.82) is 0 Å². The topological polar surface area (TPSA) is 136 Å². The largest absolute Gasteiger partial charge is 0.452 e. The summed E-state index contributed by atoms with van der Waals surface area (Å²) in [6.45, 7) is -0.619. The molecule has 0 aliphatic carbocycles. The van der Waals surface area contributed by atoms with E-state index in [-0.39, 0.29) is 27.0 Å². The maximum absolute atomic E-state index is 12.0. The number of hydrogen-bond acceptors (Lipinski definition) is 7. The van der Waals surface area contributed by atoms with E-state index in [4.69, 9.17) is 16.3 Å². The molecule has 2 rings (SSSR count). The first kappa shape index (κ1) is 20.6. The van der Waals surface area contributed by atoms with Crippen LogP contribution in [0.2, 0.25) is 5.02 Å². The maximum atomic E-state index is 12.0. The fourth-order valence-corrected chi connectivity index (χ4v) is 5.26. The zero-order valence-corrected chi connectivity index (χ0v) is 16.1. The van der Waals surface area contributed by atoms with Crippen LogP contribution in [0.15, 0.2) is 23.1 Å². The van der Waals surface area contributed by atoms with Gasteiger partial charge in [-0.2, -0.15) is 0 Å². The van der Waals surface area contributed by atoms with Gasteiger partial charge in [-0.15, -0.1) is 0 Å². The Bertz CT molecular complexity index is 929. The fourth-order valence-electron chi connectivity index (χ4n) is 2.34. The highest BCUT2D eigenvalue weighted by atomic mass is 35.5. The third-order valence-corrected chi connectivity index (χ3v) is 7.32. The van der Waals surface area contributed by atoms with Crippen molar-refractivity contribution >= 4 is 43.3 Å². The number of hydrogen-bond donors (Lipinski definition) is 2. The molecule has 2 N–H and O–H groups in total. The van der Waals surface area contributed by atoms with Gasteiger partial charge in [0.2, 0.25) is 10.0 Å². The number of rotatable bonds is 6. The summed E-state index contributed by atoms with van der Waals surface area (Å²) in [5.41, 5.74) is -0.0977. The SMILES string of the molecule is CNS(=O)(=O)c1cc(C(=O)OCC(=O)NC2CCS(=O)(=O)C2)ccc1Cl. The lowest BCUT2D eigenvalue weighted by molar-refractivity contribution is -0.124. The molecule has 0 saturated carbocycles. The van der Waals surface area contributed by atoms with Crippen LogP contribution in [0.25, 0.3) is 0 Å². The number of carbonyl (C=O) groups excluding carboxylic acids is 2. The predicted molar refractivity (Wildman–Crippen MR) is 93.2 cm³/mol. The molecule has 26 heavy (non-hydrogen) atoms. The Kier molecular flexibility index (Phi) is 6.27. The molecule has 1 aromatic carbocycles. The van der Waals surface area contributed by atoms with Gasteiger partial charge in [-0.25, -0.2) is 26.4 Å². The number of sulfone groups is 1. The molecule has 1 saturated heterocycles. The van der Waals surface area contributed by atoms with Crippen LogP contribution in [0.5, 0.6) is 0 Å². The van der Waals surface area contributed by atoms with E-state index < -0.39 is 44.4 Å². The lowest BCUT2D eigenvalue weighted by Gasteiger charge is -2.11. The Labute approximate surface area is 156 Å². The minimum Gasteiger partial charge on any atom is -0.452 e. The van der Waals surface area contributed by atoms with Crippen LogP contribution in [-0.4, -0.2) is 59.9 Å². The van der Waals surface area contributed by atoms with Crippen molar-refractivity contribution in [2.45, 2.75) is 17.4 Å². The van der Waals surface area contributed by atoms with Crippen molar-refractivity contribution in [1.82, 2.24) is 10.0 Å². The van der Waals surface area contributed by atoms with Crippen LogP contribution >= 0.6 is 11.6 Å². The van der Waals surface area contributed by atoms with E-state index in [9.17, 15) is 26.4 Å². The summed E-state index contributed by atoms with van der Waals surface area (Å²) in [5, 5.41) is 2.40. The van der Waals surface area contributed by atoms with Crippen molar-refractivity contribution in [2.24, 2.45) is 0 Å². The van der Waals surface area contributed by atoms with Gasteiger partial charge in [0, 0.05) is 6.04 Å². The molecular formula is C14H17ClN2O7S2. The smallest absolute Gasteiger partial charge is 0.338 e. The summed E-state index contributed by atoms with van der Waals surface area (Å²) >= 11 is 5.83. The van der Waals surface area contributed by atoms with E-state index in [1.807, 2.05) is 0 Å². The monoisotopic (exact) mass is 424 g/mol. The van der Waals surface area contributed by atoms with Crippen molar-refractivity contribution in [3.63, 3.8) is 0 Å². The van der Waals surface area contributed by atoms with Crippen molar-refractivity contribution in [3.05, 3.63) is 28.8 Å². The van der Waals surface area contributed by atoms with Crippen molar-refractivity contribution < 1.29 is 31.2 Å². The van der Waals surface area contributed by atoms with E-state index in [0.717, 1.165) is 6.07 Å². The number of nitrogens with one attached hydrogen (secondary N) is 2. The van der Waals surface area contributed by atoms with Gasteiger partial charge >= 0.3 is 5.97 Å². The Hall–Kier alpha value is -1.69. The molecule has 12 heteroatoms. The lowest BCUT2D eigenvalue weighted by atomic mass is 10.2. The zero-order valence-electron chi connectivity index (χ0n) is 13.7. The average molecular weight is 425 g/mol. The fraction of sp³-hybridized carbons (Fsp3) is 0.429. The van der Waals surface area contributed by atoms with Gasteiger partial charge in [0.25, 0.3) is 5.91 Å². The summed E-state index contributed by atoms with van der Waals surface area (Å²) in [5.74, 6) is -1.69. The minimum absolute atomic E-state index is 0.00518. The molecule has 1 aromatic rings. The first-order valence-corrected chi connectivity index (χ1v) is 11.1. The van der Waals surface area contributed by atoms with Gasteiger partial charge in [0.1, 0.15) is 4.90 Å². The van der Waals surface area contributed by atoms with Gasteiger partial charge in [0.15, 0.2) is 16.4 Å². The lowest BCUT2D eigenvalue weighted by Crippen LogP contribution is -2.38. The van der Waals surface area contributed by atoms with Gasteiger partial charge < -0.3 is 10.1 Å². The first-order valence-electron chi connectivity index (χ1n) is 7.44. The van der Waals surface area contributed by atoms with Gasteiger partial charge in [-0.05, 0) is 31.7 Å². The Balaban J connectivity index is 1.98. The molecule has 0 aromatic heterocycles. The number of amides is 1. The van der Waals surface area contributed by atoms with E-state index >= 15 is 0 Å². The van der Waals surface area contributed by atoms with Crippen LogP contribution in [0.1, 0.15) is 16.8 Å². The second-order valence-electron chi connectivity index (χ2n) is 5.60. The van der Waals surface area contributed by atoms with Crippen LogP contribution in [0.4, 0.5) is 0 Å². The Morgan fingerprint density at radius 1 is 1.35 bits per heavy atom. The maximum Gasteiger partial charge on any atom is 0.338 e. The van der Waals surface area contributed by atoms with Crippen LogP contribution < -0.4 is 10.0 Å². The highest BCUT2D eigenvalue weighted by Crippen LogP contribution is 2.22. The number of benzene rings is 1. The van der Waals surface area contributed by atoms with Crippen molar-refractivity contribution in [2.75, 3.05) is 25.2 Å². The Morgan fingerprint density at radius 2 is 2.04 bits per heavy atom. The molecule has 0 radical (unpaired) electrons. The summed E-state index contributed by atoms with van der Waals surface area (Å²) < 4.78 is 53.3. The number of ether oxygens (including phenoxy) is 1. The van der Waals surface area contributed by atoms with Crippen LogP contribution in [-0.2, 0) is 29.4 Å². The number of esters is 1. The van der Waals surface area contributed by atoms with E-state index in [0.29, 0.717) is 6.42 Å². The summed E-state index contributed by atoms with van der Waals surface area (Å²) in [7, 11) is -5.81.